The van der Waals surface area contributed by atoms with Gasteiger partial charge in [0.05, 0.1) is 23.5 Å². The number of rotatable bonds is 2. The Kier molecular flexibility index (Phi) is 4.00. The first-order chi connectivity index (χ1) is 11.4. The SMILES string of the molecule is c1ccc(CN=C2Nc3ccccc3NC23CCSCC3)cc1. The van der Waals surface area contributed by atoms with Crippen molar-refractivity contribution >= 4 is 29.0 Å². The van der Waals surface area contributed by atoms with Crippen molar-refractivity contribution in [2.24, 2.45) is 4.99 Å². The summed E-state index contributed by atoms with van der Waals surface area (Å²) in [5, 5.41) is 7.40. The van der Waals surface area contributed by atoms with Gasteiger partial charge < -0.3 is 10.6 Å². The van der Waals surface area contributed by atoms with E-state index in [1.54, 1.807) is 0 Å². The van der Waals surface area contributed by atoms with Crippen LogP contribution in [-0.4, -0.2) is 22.9 Å². The first-order valence-corrected chi connectivity index (χ1v) is 9.32. The van der Waals surface area contributed by atoms with Gasteiger partial charge in [0, 0.05) is 0 Å². The molecule has 2 aliphatic heterocycles. The van der Waals surface area contributed by atoms with Crippen LogP contribution in [0, 0.1) is 0 Å². The topological polar surface area (TPSA) is 36.4 Å². The Labute approximate surface area is 141 Å². The van der Waals surface area contributed by atoms with Crippen molar-refractivity contribution in [2.45, 2.75) is 24.9 Å². The number of nitrogens with zero attached hydrogens (tertiary/aromatic N) is 1. The number of anilines is 2. The minimum Gasteiger partial charge on any atom is -0.371 e. The number of benzene rings is 2. The summed E-state index contributed by atoms with van der Waals surface area (Å²) in [5.41, 5.74) is 3.54. The highest BCUT2D eigenvalue weighted by molar-refractivity contribution is 7.99. The summed E-state index contributed by atoms with van der Waals surface area (Å²) < 4.78 is 0. The Balaban J connectivity index is 1.67. The molecule has 0 aliphatic carbocycles. The van der Waals surface area contributed by atoms with Crippen LogP contribution < -0.4 is 10.6 Å². The van der Waals surface area contributed by atoms with Gasteiger partial charge in [-0.1, -0.05) is 42.5 Å². The third kappa shape index (κ3) is 2.95. The van der Waals surface area contributed by atoms with E-state index in [1.807, 2.05) is 17.8 Å². The Hall–Kier alpha value is -1.94. The van der Waals surface area contributed by atoms with Gasteiger partial charge in [-0.25, -0.2) is 0 Å². The number of aliphatic imine (C=N–C) groups is 1. The molecule has 3 nitrogen and oxygen atoms in total. The molecule has 2 aromatic carbocycles. The minimum absolute atomic E-state index is 0.0333. The van der Waals surface area contributed by atoms with Gasteiger partial charge >= 0.3 is 0 Å². The molecule has 0 radical (unpaired) electrons. The van der Waals surface area contributed by atoms with Gasteiger partial charge in [0.2, 0.25) is 0 Å². The molecule has 0 atom stereocenters. The standard InChI is InChI=1S/C19H21N3S/c1-2-6-15(7-3-1)14-20-18-19(10-12-23-13-11-19)22-17-9-5-4-8-16(17)21-18/h1-9,22H,10-14H2,(H,20,21). The molecule has 0 unspecified atom stereocenters. The Bertz CT molecular complexity index is 706. The number of hydrogen-bond acceptors (Lipinski definition) is 3. The fourth-order valence-corrected chi connectivity index (χ4v) is 4.48. The maximum absolute atomic E-state index is 4.96. The lowest BCUT2D eigenvalue weighted by Crippen LogP contribution is -2.54. The molecule has 1 saturated heterocycles. The van der Waals surface area contributed by atoms with E-state index in [9.17, 15) is 0 Å². The van der Waals surface area contributed by atoms with Gasteiger partial charge in [-0.2, -0.15) is 11.8 Å². The van der Waals surface area contributed by atoms with Gasteiger partial charge in [0.25, 0.3) is 0 Å². The monoisotopic (exact) mass is 323 g/mol. The molecule has 0 amide bonds. The minimum atomic E-state index is -0.0333. The van der Waals surface area contributed by atoms with E-state index < -0.39 is 0 Å². The second-order valence-corrected chi connectivity index (χ2v) is 7.37. The van der Waals surface area contributed by atoms with Crippen molar-refractivity contribution in [3.05, 3.63) is 60.2 Å². The van der Waals surface area contributed by atoms with E-state index in [0.717, 1.165) is 30.9 Å². The molecule has 0 saturated carbocycles. The van der Waals surface area contributed by atoms with Gasteiger partial charge in [-0.3, -0.25) is 4.99 Å². The summed E-state index contributed by atoms with van der Waals surface area (Å²) in [4.78, 5) is 4.96. The van der Waals surface area contributed by atoms with Gasteiger partial charge in [0.15, 0.2) is 0 Å². The number of hydrogen-bond donors (Lipinski definition) is 2. The number of para-hydroxylation sites is 2. The summed E-state index contributed by atoms with van der Waals surface area (Å²) in [5.74, 6) is 3.46. The van der Waals surface area contributed by atoms with E-state index in [-0.39, 0.29) is 5.54 Å². The van der Waals surface area contributed by atoms with Crippen molar-refractivity contribution in [1.29, 1.82) is 0 Å². The smallest absolute Gasteiger partial charge is 0.127 e. The molecule has 1 fully saturated rings. The zero-order valence-corrected chi connectivity index (χ0v) is 13.9. The first-order valence-electron chi connectivity index (χ1n) is 8.17. The van der Waals surface area contributed by atoms with E-state index in [1.165, 1.54) is 22.8 Å². The average molecular weight is 323 g/mol. The Morgan fingerprint density at radius 2 is 1.61 bits per heavy atom. The highest BCUT2D eigenvalue weighted by atomic mass is 32.2. The second-order valence-electron chi connectivity index (χ2n) is 6.14. The third-order valence-corrected chi connectivity index (χ3v) is 5.60. The van der Waals surface area contributed by atoms with E-state index in [4.69, 9.17) is 4.99 Å². The molecule has 2 aliphatic rings. The molecule has 118 valence electrons. The van der Waals surface area contributed by atoms with Crippen LogP contribution in [-0.2, 0) is 6.54 Å². The zero-order valence-electron chi connectivity index (χ0n) is 13.1. The fraction of sp³-hybridized carbons (Fsp3) is 0.316. The van der Waals surface area contributed by atoms with Gasteiger partial charge in [0.1, 0.15) is 5.84 Å². The van der Waals surface area contributed by atoms with Crippen LogP contribution in [0.4, 0.5) is 11.4 Å². The molecule has 0 bridgehead atoms. The van der Waals surface area contributed by atoms with Crippen molar-refractivity contribution in [3.8, 4) is 0 Å². The predicted molar refractivity (Wildman–Crippen MR) is 101 cm³/mol. The molecule has 2 heterocycles. The van der Waals surface area contributed by atoms with Crippen molar-refractivity contribution in [1.82, 2.24) is 0 Å². The molecule has 1 spiro atoms. The van der Waals surface area contributed by atoms with Crippen molar-refractivity contribution < 1.29 is 0 Å². The molecule has 4 rings (SSSR count). The van der Waals surface area contributed by atoms with Crippen LogP contribution in [0.3, 0.4) is 0 Å². The second kappa shape index (κ2) is 6.28. The molecule has 2 aromatic rings. The highest BCUT2D eigenvalue weighted by Crippen LogP contribution is 2.38. The normalized spacial score (nSPS) is 20.6. The lowest BCUT2D eigenvalue weighted by atomic mass is 9.87. The lowest BCUT2D eigenvalue weighted by molar-refractivity contribution is 0.560. The summed E-state index contributed by atoms with van der Waals surface area (Å²) in [6.07, 6.45) is 2.24. The van der Waals surface area contributed by atoms with Crippen LogP contribution in [0.15, 0.2) is 59.6 Å². The van der Waals surface area contributed by atoms with Crippen LogP contribution in [0.1, 0.15) is 18.4 Å². The van der Waals surface area contributed by atoms with Crippen LogP contribution >= 0.6 is 11.8 Å². The highest BCUT2D eigenvalue weighted by Gasteiger charge is 2.40. The number of thioether (sulfide) groups is 1. The average Bonchev–Trinajstić information content (AvgIpc) is 2.61. The lowest BCUT2D eigenvalue weighted by Gasteiger charge is -2.43. The van der Waals surface area contributed by atoms with Gasteiger partial charge in [-0.15, -0.1) is 0 Å². The molecular weight excluding hydrogens is 302 g/mol. The number of fused-ring (bicyclic) bond motifs is 1. The van der Waals surface area contributed by atoms with E-state index >= 15 is 0 Å². The van der Waals surface area contributed by atoms with Gasteiger partial charge in [-0.05, 0) is 42.0 Å². The first kappa shape index (κ1) is 14.6. The molecular formula is C19H21N3S. The predicted octanol–water partition coefficient (Wildman–Crippen LogP) is 4.39. The van der Waals surface area contributed by atoms with Crippen molar-refractivity contribution in [3.63, 3.8) is 0 Å². The van der Waals surface area contributed by atoms with E-state index in [0.29, 0.717) is 0 Å². The maximum Gasteiger partial charge on any atom is 0.127 e. The number of nitrogens with one attached hydrogen (secondary N) is 2. The van der Waals surface area contributed by atoms with Crippen molar-refractivity contribution in [2.75, 3.05) is 22.1 Å². The summed E-state index contributed by atoms with van der Waals surface area (Å²) >= 11 is 2.04. The Morgan fingerprint density at radius 1 is 0.913 bits per heavy atom. The molecule has 4 heteroatoms. The third-order valence-electron chi connectivity index (χ3n) is 4.62. The summed E-state index contributed by atoms with van der Waals surface area (Å²) in [6, 6.07) is 18.9. The zero-order chi connectivity index (χ0) is 15.5. The van der Waals surface area contributed by atoms with E-state index in [2.05, 4.69) is 59.2 Å². The molecule has 23 heavy (non-hydrogen) atoms. The molecule has 2 N–H and O–H groups in total. The number of amidine groups is 1. The van der Waals surface area contributed by atoms with Crippen LogP contribution in [0.25, 0.3) is 0 Å². The largest absolute Gasteiger partial charge is 0.371 e. The van der Waals surface area contributed by atoms with Crippen LogP contribution in [0.5, 0.6) is 0 Å². The van der Waals surface area contributed by atoms with Crippen LogP contribution in [0.2, 0.25) is 0 Å². The molecule has 0 aromatic heterocycles. The quantitative estimate of drug-likeness (QED) is 0.860. The Morgan fingerprint density at radius 3 is 2.39 bits per heavy atom. The summed E-state index contributed by atoms with van der Waals surface area (Å²) in [7, 11) is 0. The maximum atomic E-state index is 4.96. The fourth-order valence-electron chi connectivity index (χ4n) is 3.29. The summed E-state index contributed by atoms with van der Waals surface area (Å²) in [6.45, 7) is 0.724.